The Balaban J connectivity index is 1.78. The number of aliphatic hydroxyl groups excluding tert-OH is 1. The molecule has 0 radical (unpaired) electrons. The lowest BCUT2D eigenvalue weighted by Crippen LogP contribution is -2.50. The molecule has 4 fully saturated rings. The number of rotatable bonds is 1. The predicted molar refractivity (Wildman–Crippen MR) is 85.2 cm³/mol. The maximum atomic E-state index is 12.7. The summed E-state index contributed by atoms with van der Waals surface area (Å²) in [6, 6.07) is 0. The summed E-state index contributed by atoms with van der Waals surface area (Å²) < 4.78 is 5.87. The first-order chi connectivity index (χ1) is 11.6. The van der Waals surface area contributed by atoms with Crippen LogP contribution in [0.2, 0.25) is 0 Å². The molecule has 25 heavy (non-hydrogen) atoms. The Kier molecular flexibility index (Phi) is 2.50. The van der Waals surface area contributed by atoms with E-state index >= 15 is 0 Å². The number of carbonyl (C=O) groups is 2. The molecule has 8 atom stereocenters. The van der Waals surface area contributed by atoms with Gasteiger partial charge in [-0.15, -0.1) is 0 Å². The maximum absolute atomic E-state index is 12.7. The number of aliphatic hydroxyl groups is 2. The molecule has 5 rings (SSSR count). The van der Waals surface area contributed by atoms with Crippen LogP contribution in [0.25, 0.3) is 0 Å². The van der Waals surface area contributed by atoms with E-state index < -0.39 is 51.9 Å². The van der Waals surface area contributed by atoms with E-state index in [2.05, 4.69) is 6.58 Å². The van der Waals surface area contributed by atoms with Crippen molar-refractivity contribution in [1.82, 2.24) is 0 Å². The first-order valence-electron chi connectivity index (χ1n) is 8.86. The van der Waals surface area contributed by atoms with Gasteiger partial charge in [0.2, 0.25) is 0 Å². The molecule has 4 bridgehead atoms. The van der Waals surface area contributed by atoms with Crippen molar-refractivity contribution in [3.05, 3.63) is 24.3 Å². The topological polar surface area (TPSA) is 104 Å². The molecule has 1 aliphatic heterocycles. The van der Waals surface area contributed by atoms with Gasteiger partial charge in [0.15, 0.2) is 0 Å². The van der Waals surface area contributed by atoms with E-state index in [1.807, 2.05) is 0 Å². The van der Waals surface area contributed by atoms with Crippen molar-refractivity contribution in [1.29, 1.82) is 0 Å². The molecule has 4 aliphatic carbocycles. The summed E-state index contributed by atoms with van der Waals surface area (Å²) in [4.78, 5) is 25.1. The number of esters is 1. The summed E-state index contributed by atoms with van der Waals surface area (Å²) in [7, 11) is 0. The number of carbonyl (C=O) groups excluding carboxylic acids is 1. The molecule has 5 aliphatic rings. The van der Waals surface area contributed by atoms with E-state index in [0.717, 1.165) is 0 Å². The number of carboxylic acids is 1. The number of carboxylic acid groups (broad SMARTS) is 1. The van der Waals surface area contributed by atoms with Crippen molar-refractivity contribution in [3.8, 4) is 0 Å². The quantitative estimate of drug-likeness (QED) is 0.484. The maximum Gasteiger partial charge on any atom is 0.316 e. The van der Waals surface area contributed by atoms with E-state index in [0.29, 0.717) is 31.3 Å². The Morgan fingerprint density at radius 3 is 2.84 bits per heavy atom. The number of aliphatic carboxylic acids is 1. The minimum Gasteiger partial charge on any atom is -0.481 e. The molecule has 0 aromatic heterocycles. The highest BCUT2D eigenvalue weighted by Gasteiger charge is 2.83. The van der Waals surface area contributed by atoms with Crippen molar-refractivity contribution >= 4 is 11.9 Å². The molecule has 6 heteroatoms. The first-order valence-corrected chi connectivity index (χ1v) is 8.86. The van der Waals surface area contributed by atoms with Crippen molar-refractivity contribution in [2.45, 2.75) is 49.9 Å². The minimum atomic E-state index is -1.27. The molecular formula is C19H22O6. The van der Waals surface area contributed by atoms with Gasteiger partial charge in [0.05, 0.1) is 17.6 Å². The third kappa shape index (κ3) is 1.36. The van der Waals surface area contributed by atoms with E-state index in [9.17, 15) is 24.9 Å². The average Bonchev–Trinajstić information content (AvgIpc) is 2.95. The summed E-state index contributed by atoms with van der Waals surface area (Å²) in [6.07, 6.45) is 4.11. The van der Waals surface area contributed by atoms with Gasteiger partial charge in [-0.05, 0) is 49.7 Å². The molecule has 1 saturated heterocycles. The van der Waals surface area contributed by atoms with Crippen LogP contribution in [0, 0.1) is 28.6 Å². The van der Waals surface area contributed by atoms with Crippen LogP contribution in [-0.2, 0) is 14.3 Å². The zero-order chi connectivity index (χ0) is 18.0. The molecule has 3 N–H and O–H groups in total. The van der Waals surface area contributed by atoms with E-state index in [1.165, 1.54) is 0 Å². The van der Waals surface area contributed by atoms with Crippen LogP contribution < -0.4 is 0 Å². The molecule has 0 amide bonds. The largest absolute Gasteiger partial charge is 0.481 e. The summed E-state index contributed by atoms with van der Waals surface area (Å²) in [5.74, 6) is -3.18. The third-order valence-corrected chi connectivity index (χ3v) is 8.12. The predicted octanol–water partition coefficient (Wildman–Crippen LogP) is 1.03. The molecule has 3 unspecified atom stereocenters. The van der Waals surface area contributed by atoms with Gasteiger partial charge in [-0.25, -0.2) is 0 Å². The van der Waals surface area contributed by atoms with E-state index in [-0.39, 0.29) is 5.92 Å². The summed E-state index contributed by atoms with van der Waals surface area (Å²) >= 11 is 0. The number of hydrogen-bond donors (Lipinski definition) is 3. The van der Waals surface area contributed by atoms with Gasteiger partial charge in [0, 0.05) is 11.8 Å². The van der Waals surface area contributed by atoms with Crippen molar-refractivity contribution in [2.75, 3.05) is 0 Å². The Hall–Kier alpha value is -1.66. The van der Waals surface area contributed by atoms with Gasteiger partial charge in [-0.2, -0.15) is 0 Å². The molecular weight excluding hydrogens is 324 g/mol. The smallest absolute Gasteiger partial charge is 0.316 e. The fourth-order valence-corrected chi connectivity index (χ4v) is 7.13. The Morgan fingerprint density at radius 2 is 2.16 bits per heavy atom. The standard InChI is InChI=1S/C19H22O6/c1-9-7-17-8-18(9,24)5-3-10(17)19-6-4-11(20)16(2,15(23)25-19)13(19)12(17)14(21)22/h4,6,10-13,20,24H,1,3,5,7-8H2,2H3,(H,21,22)/t10?,11-,12+,13?,16?,17-,18-,19+/m0/s1. The normalized spacial score (nSPS) is 58.0. The number of fused-ring (bicyclic) bond motifs is 1. The molecule has 0 aromatic rings. The molecule has 6 nitrogen and oxygen atoms in total. The first kappa shape index (κ1) is 15.6. The summed E-state index contributed by atoms with van der Waals surface area (Å²) in [6.45, 7) is 5.64. The van der Waals surface area contributed by atoms with Gasteiger partial charge in [-0.3, -0.25) is 9.59 Å². The lowest BCUT2D eigenvalue weighted by Gasteiger charge is -2.44. The van der Waals surface area contributed by atoms with Gasteiger partial charge in [-0.1, -0.05) is 12.7 Å². The van der Waals surface area contributed by atoms with Crippen molar-refractivity contribution in [3.63, 3.8) is 0 Å². The zero-order valence-electron chi connectivity index (χ0n) is 14.1. The molecule has 3 saturated carbocycles. The lowest BCUT2D eigenvalue weighted by atomic mass is 9.61. The van der Waals surface area contributed by atoms with Crippen LogP contribution in [0.4, 0.5) is 0 Å². The number of ether oxygens (including phenoxy) is 1. The molecule has 0 aromatic carbocycles. The van der Waals surface area contributed by atoms with Crippen LogP contribution in [-0.4, -0.2) is 44.6 Å². The van der Waals surface area contributed by atoms with Gasteiger partial charge in [0.1, 0.15) is 11.0 Å². The Labute approximate surface area is 145 Å². The number of hydrogen-bond acceptors (Lipinski definition) is 5. The second kappa shape index (κ2) is 4.01. The monoisotopic (exact) mass is 346 g/mol. The van der Waals surface area contributed by atoms with E-state index in [4.69, 9.17) is 4.74 Å². The second-order valence-corrected chi connectivity index (χ2v) is 8.94. The average molecular weight is 346 g/mol. The Bertz CT molecular complexity index is 772. The molecule has 134 valence electrons. The van der Waals surface area contributed by atoms with Crippen molar-refractivity contribution in [2.24, 2.45) is 28.6 Å². The van der Waals surface area contributed by atoms with Crippen LogP contribution in [0.5, 0.6) is 0 Å². The van der Waals surface area contributed by atoms with Crippen LogP contribution >= 0.6 is 0 Å². The van der Waals surface area contributed by atoms with Gasteiger partial charge < -0.3 is 20.1 Å². The van der Waals surface area contributed by atoms with Crippen molar-refractivity contribution < 1.29 is 29.6 Å². The van der Waals surface area contributed by atoms with Crippen LogP contribution in [0.1, 0.15) is 32.6 Å². The zero-order valence-corrected chi connectivity index (χ0v) is 14.1. The molecule has 1 heterocycles. The third-order valence-electron chi connectivity index (χ3n) is 8.12. The highest BCUT2D eigenvalue weighted by Crippen LogP contribution is 2.77. The fraction of sp³-hybridized carbons (Fsp3) is 0.684. The Morgan fingerprint density at radius 1 is 1.44 bits per heavy atom. The minimum absolute atomic E-state index is 0.180. The van der Waals surface area contributed by atoms with Gasteiger partial charge in [0.25, 0.3) is 0 Å². The summed E-state index contributed by atoms with van der Waals surface area (Å²) in [5, 5.41) is 31.6. The second-order valence-electron chi connectivity index (χ2n) is 8.94. The van der Waals surface area contributed by atoms with Crippen LogP contribution in [0.3, 0.4) is 0 Å². The highest BCUT2D eigenvalue weighted by atomic mass is 16.6. The fourth-order valence-electron chi connectivity index (χ4n) is 7.13. The molecule has 1 spiro atoms. The lowest BCUT2D eigenvalue weighted by molar-refractivity contribution is -0.163. The van der Waals surface area contributed by atoms with Crippen LogP contribution in [0.15, 0.2) is 24.3 Å². The van der Waals surface area contributed by atoms with Gasteiger partial charge >= 0.3 is 11.9 Å². The van der Waals surface area contributed by atoms with E-state index in [1.54, 1.807) is 19.1 Å². The highest BCUT2D eigenvalue weighted by molar-refractivity contribution is 5.86. The summed E-state index contributed by atoms with van der Waals surface area (Å²) in [5.41, 5.74) is -3.29. The SMILES string of the molecule is C=C1C[C@]23C[C@@]1(O)CCC2[C@@]12C=C[C@H](O)C(C)(C(=O)O1)C2[C@@H]3C(=O)O.